The summed E-state index contributed by atoms with van der Waals surface area (Å²) in [6, 6.07) is 2.05. The van der Waals surface area contributed by atoms with Gasteiger partial charge < -0.3 is 0 Å². The lowest BCUT2D eigenvalue weighted by Crippen LogP contribution is -2.34. The summed E-state index contributed by atoms with van der Waals surface area (Å²) in [6.07, 6.45) is 16.6. The molecule has 0 amide bonds. The van der Waals surface area contributed by atoms with E-state index in [1.54, 1.807) is 6.33 Å². The summed E-state index contributed by atoms with van der Waals surface area (Å²) in [5.74, 6) is 2.15. The first-order valence-corrected chi connectivity index (χ1v) is 9.67. The van der Waals surface area contributed by atoms with Gasteiger partial charge in [0.15, 0.2) is 0 Å². The van der Waals surface area contributed by atoms with E-state index in [0.29, 0.717) is 11.8 Å². The zero-order valence-corrected chi connectivity index (χ0v) is 14.8. The number of hydrogen-bond acceptors (Lipinski definition) is 5. The molecule has 25 heavy (non-hydrogen) atoms. The van der Waals surface area contributed by atoms with Crippen LogP contribution in [0.3, 0.4) is 0 Å². The molecule has 1 aliphatic carbocycles. The Kier molecular flexibility index (Phi) is 5.31. The summed E-state index contributed by atoms with van der Waals surface area (Å²) in [7, 11) is 0. The van der Waals surface area contributed by atoms with Crippen LogP contribution in [0.15, 0.2) is 31.0 Å². The van der Waals surface area contributed by atoms with Gasteiger partial charge in [0.05, 0.1) is 0 Å². The van der Waals surface area contributed by atoms with Crippen LogP contribution in [-0.2, 0) is 6.54 Å². The van der Waals surface area contributed by atoms with Crippen molar-refractivity contribution < 1.29 is 0 Å². The molecule has 3 heterocycles. The van der Waals surface area contributed by atoms with E-state index in [1.807, 2.05) is 18.6 Å². The number of hydrogen-bond donors (Lipinski definition) is 0. The molecule has 0 radical (unpaired) electrons. The fourth-order valence-electron chi connectivity index (χ4n) is 4.26. The van der Waals surface area contributed by atoms with E-state index < -0.39 is 0 Å². The first kappa shape index (κ1) is 16.6. The third-order valence-corrected chi connectivity index (χ3v) is 5.63. The molecule has 5 nitrogen and oxygen atoms in total. The molecule has 1 unspecified atom stereocenters. The topological polar surface area (TPSA) is 54.8 Å². The summed E-state index contributed by atoms with van der Waals surface area (Å²) in [6.45, 7) is 3.14. The molecule has 0 N–H and O–H groups in total. The first-order chi connectivity index (χ1) is 12.4. The average Bonchev–Trinajstić information content (AvgIpc) is 2.70. The summed E-state index contributed by atoms with van der Waals surface area (Å²) in [5.41, 5.74) is 2.39. The van der Waals surface area contributed by atoms with Crippen molar-refractivity contribution in [2.45, 2.75) is 63.3 Å². The SMILES string of the molecule is c1cc(C2CCCN(Cc3cnc(C4CCCCC4)nc3)C2)ncn1. The maximum Gasteiger partial charge on any atom is 0.131 e. The zero-order chi connectivity index (χ0) is 16.9. The predicted octanol–water partition coefficient (Wildman–Crippen LogP) is 3.69. The van der Waals surface area contributed by atoms with Crippen molar-refractivity contribution >= 4 is 0 Å². The van der Waals surface area contributed by atoms with Gasteiger partial charge >= 0.3 is 0 Å². The van der Waals surface area contributed by atoms with Crippen molar-refractivity contribution in [3.8, 4) is 0 Å². The van der Waals surface area contributed by atoms with Crippen LogP contribution in [0, 0.1) is 0 Å². The molecule has 1 saturated heterocycles. The Morgan fingerprint density at radius 3 is 2.48 bits per heavy atom. The number of rotatable bonds is 4. The molecule has 0 aromatic carbocycles. The van der Waals surface area contributed by atoms with Gasteiger partial charge in [-0.25, -0.2) is 19.9 Å². The molecule has 5 heteroatoms. The third-order valence-electron chi connectivity index (χ3n) is 5.63. The Morgan fingerprint density at radius 2 is 1.72 bits per heavy atom. The van der Waals surface area contributed by atoms with Gasteiger partial charge in [0.1, 0.15) is 12.2 Å². The normalized spacial score (nSPS) is 22.8. The lowest BCUT2D eigenvalue weighted by Gasteiger charge is -2.32. The molecular formula is C20H27N5. The minimum absolute atomic E-state index is 0.513. The highest BCUT2D eigenvalue weighted by molar-refractivity contribution is 5.11. The standard InChI is InChI=1S/C20H27N5/c1-2-5-17(6-3-1)20-22-11-16(12-23-20)13-25-10-4-7-18(14-25)19-8-9-21-15-24-19/h8-9,11-12,15,17-18H,1-7,10,13-14H2. The van der Waals surface area contributed by atoms with E-state index >= 15 is 0 Å². The van der Waals surface area contributed by atoms with E-state index in [2.05, 4.69) is 30.9 Å². The van der Waals surface area contributed by atoms with Crippen LogP contribution >= 0.6 is 0 Å². The molecule has 2 aromatic rings. The van der Waals surface area contributed by atoms with Crippen LogP contribution in [0.4, 0.5) is 0 Å². The van der Waals surface area contributed by atoms with E-state index in [-0.39, 0.29) is 0 Å². The van der Waals surface area contributed by atoms with E-state index in [0.717, 1.165) is 25.5 Å². The minimum Gasteiger partial charge on any atom is -0.298 e. The Morgan fingerprint density at radius 1 is 0.920 bits per heavy atom. The van der Waals surface area contributed by atoms with Crippen LogP contribution in [0.2, 0.25) is 0 Å². The van der Waals surface area contributed by atoms with Crippen LogP contribution < -0.4 is 0 Å². The molecule has 1 saturated carbocycles. The molecule has 132 valence electrons. The average molecular weight is 337 g/mol. The van der Waals surface area contributed by atoms with Crippen molar-refractivity contribution in [3.05, 3.63) is 48.1 Å². The van der Waals surface area contributed by atoms with Crippen molar-refractivity contribution in [3.63, 3.8) is 0 Å². The highest BCUT2D eigenvalue weighted by Gasteiger charge is 2.23. The molecular weight excluding hydrogens is 310 g/mol. The van der Waals surface area contributed by atoms with Gasteiger partial charge in [0, 0.05) is 54.8 Å². The summed E-state index contributed by atoms with van der Waals surface area (Å²) in [5, 5.41) is 0. The lowest BCUT2D eigenvalue weighted by molar-refractivity contribution is 0.198. The van der Waals surface area contributed by atoms with Gasteiger partial charge in [0.25, 0.3) is 0 Å². The number of likely N-dealkylation sites (tertiary alicyclic amines) is 1. The Labute approximate surface area is 149 Å². The van der Waals surface area contributed by atoms with Crippen LogP contribution in [0.25, 0.3) is 0 Å². The van der Waals surface area contributed by atoms with Gasteiger partial charge in [-0.3, -0.25) is 4.90 Å². The fourth-order valence-corrected chi connectivity index (χ4v) is 4.26. The second kappa shape index (κ2) is 8.00. The molecule has 0 spiro atoms. The van der Waals surface area contributed by atoms with Gasteiger partial charge in [0.2, 0.25) is 0 Å². The summed E-state index contributed by atoms with van der Waals surface area (Å²) >= 11 is 0. The summed E-state index contributed by atoms with van der Waals surface area (Å²) < 4.78 is 0. The molecule has 0 bridgehead atoms. The van der Waals surface area contributed by atoms with Gasteiger partial charge in [-0.05, 0) is 38.3 Å². The monoisotopic (exact) mass is 337 g/mol. The van der Waals surface area contributed by atoms with Gasteiger partial charge in [-0.2, -0.15) is 0 Å². The molecule has 1 atom stereocenters. The Bertz CT molecular complexity index is 652. The molecule has 2 aliphatic rings. The highest BCUT2D eigenvalue weighted by Crippen LogP contribution is 2.30. The van der Waals surface area contributed by atoms with E-state index in [1.165, 1.54) is 56.2 Å². The number of nitrogens with zero attached hydrogens (tertiary/aromatic N) is 5. The van der Waals surface area contributed by atoms with Crippen LogP contribution in [0.1, 0.15) is 73.9 Å². The van der Waals surface area contributed by atoms with E-state index in [4.69, 9.17) is 0 Å². The zero-order valence-electron chi connectivity index (χ0n) is 14.8. The van der Waals surface area contributed by atoms with Crippen LogP contribution in [0.5, 0.6) is 0 Å². The molecule has 2 aromatic heterocycles. The quantitative estimate of drug-likeness (QED) is 0.851. The predicted molar refractivity (Wildman–Crippen MR) is 97.1 cm³/mol. The maximum absolute atomic E-state index is 4.69. The Balaban J connectivity index is 1.36. The summed E-state index contributed by atoms with van der Waals surface area (Å²) in [4.78, 5) is 20.4. The van der Waals surface area contributed by atoms with Crippen molar-refractivity contribution in [2.75, 3.05) is 13.1 Å². The van der Waals surface area contributed by atoms with Gasteiger partial charge in [-0.15, -0.1) is 0 Å². The largest absolute Gasteiger partial charge is 0.298 e. The fraction of sp³-hybridized carbons (Fsp3) is 0.600. The molecule has 1 aliphatic heterocycles. The lowest BCUT2D eigenvalue weighted by atomic mass is 9.89. The molecule has 2 fully saturated rings. The van der Waals surface area contributed by atoms with Crippen molar-refractivity contribution in [2.24, 2.45) is 0 Å². The van der Waals surface area contributed by atoms with Gasteiger partial charge in [-0.1, -0.05) is 19.3 Å². The second-order valence-corrected chi connectivity index (χ2v) is 7.49. The van der Waals surface area contributed by atoms with Crippen molar-refractivity contribution in [1.82, 2.24) is 24.8 Å². The first-order valence-electron chi connectivity index (χ1n) is 9.67. The smallest absolute Gasteiger partial charge is 0.131 e. The van der Waals surface area contributed by atoms with Crippen molar-refractivity contribution in [1.29, 1.82) is 0 Å². The molecule has 4 rings (SSSR count). The Hall–Kier alpha value is -1.88. The van der Waals surface area contributed by atoms with E-state index in [9.17, 15) is 0 Å². The number of aromatic nitrogens is 4. The third kappa shape index (κ3) is 4.21. The van der Waals surface area contributed by atoms with Crippen LogP contribution in [-0.4, -0.2) is 37.9 Å². The minimum atomic E-state index is 0.513. The second-order valence-electron chi connectivity index (χ2n) is 7.49. The highest BCUT2D eigenvalue weighted by atomic mass is 15.1. The maximum atomic E-state index is 4.69. The number of piperidine rings is 1.